The minimum absolute atomic E-state index is 0.257. The summed E-state index contributed by atoms with van der Waals surface area (Å²) in [7, 11) is 0. The van der Waals surface area contributed by atoms with Crippen molar-refractivity contribution in [3.8, 4) is 5.75 Å². The van der Waals surface area contributed by atoms with Gasteiger partial charge in [0.25, 0.3) is 0 Å². The van der Waals surface area contributed by atoms with Crippen LogP contribution in [0.3, 0.4) is 0 Å². The third-order valence-corrected chi connectivity index (χ3v) is 4.95. The molecule has 3 aromatic rings. The molecule has 0 saturated heterocycles. The minimum Gasteiger partial charge on any atom is -0.487 e. The normalized spacial score (nSPS) is 14.3. The molecule has 4 rings (SSSR count). The quantitative estimate of drug-likeness (QED) is 0.675. The van der Waals surface area contributed by atoms with E-state index in [0.29, 0.717) is 12.4 Å². The number of aromatic nitrogens is 2. The van der Waals surface area contributed by atoms with Gasteiger partial charge in [0.2, 0.25) is 0 Å². The molecule has 2 heterocycles. The molecule has 124 valence electrons. The van der Waals surface area contributed by atoms with Crippen LogP contribution in [-0.2, 0) is 13.2 Å². The largest absolute Gasteiger partial charge is 0.487 e. The molecule has 3 nitrogen and oxygen atoms in total. The van der Waals surface area contributed by atoms with E-state index in [4.69, 9.17) is 4.74 Å². The maximum absolute atomic E-state index is 13.0. The number of halogens is 1. The summed E-state index contributed by atoms with van der Waals surface area (Å²) in [5.74, 6) is 1.20. The Labute approximate surface area is 141 Å². The van der Waals surface area contributed by atoms with Crippen LogP contribution in [0.2, 0.25) is 0 Å². The van der Waals surface area contributed by atoms with Gasteiger partial charge in [0.1, 0.15) is 23.9 Å². The highest BCUT2D eigenvalue weighted by Gasteiger charge is 2.25. The Morgan fingerprint density at radius 3 is 2.62 bits per heavy atom. The summed E-state index contributed by atoms with van der Waals surface area (Å²) in [4.78, 5) is 4.56. The van der Waals surface area contributed by atoms with Crippen molar-refractivity contribution in [1.82, 2.24) is 9.55 Å². The van der Waals surface area contributed by atoms with Crippen molar-refractivity contribution in [2.45, 2.75) is 39.8 Å². The summed E-state index contributed by atoms with van der Waals surface area (Å²) in [6.45, 7) is 5.80. The number of benzene rings is 1. The summed E-state index contributed by atoms with van der Waals surface area (Å²) < 4.78 is 21.3. The second kappa shape index (κ2) is 5.93. The summed E-state index contributed by atoms with van der Waals surface area (Å²) in [5.41, 5.74) is 4.75. The van der Waals surface area contributed by atoms with E-state index in [1.54, 1.807) is 12.1 Å². The highest BCUT2D eigenvalue weighted by molar-refractivity contribution is 5.86. The van der Waals surface area contributed by atoms with Gasteiger partial charge >= 0.3 is 0 Å². The summed E-state index contributed by atoms with van der Waals surface area (Å²) in [6.07, 6.45) is 4.49. The van der Waals surface area contributed by atoms with E-state index in [1.165, 1.54) is 47.1 Å². The molecule has 1 aliphatic carbocycles. The highest BCUT2D eigenvalue weighted by atomic mass is 19.1. The second-order valence-corrected chi connectivity index (χ2v) is 6.66. The van der Waals surface area contributed by atoms with Gasteiger partial charge in [-0.3, -0.25) is 4.98 Å². The predicted octanol–water partition coefficient (Wildman–Crippen LogP) is 4.78. The Balaban J connectivity index is 1.69. The molecule has 1 aromatic carbocycles. The van der Waals surface area contributed by atoms with Gasteiger partial charge in [-0.25, -0.2) is 4.39 Å². The predicted molar refractivity (Wildman–Crippen MR) is 92.7 cm³/mol. The summed E-state index contributed by atoms with van der Waals surface area (Å²) in [6, 6.07) is 8.20. The molecule has 1 aliphatic rings. The van der Waals surface area contributed by atoms with E-state index >= 15 is 0 Å². The molecule has 1 saturated carbocycles. The van der Waals surface area contributed by atoms with Gasteiger partial charge in [0.15, 0.2) is 0 Å². The van der Waals surface area contributed by atoms with Crippen LogP contribution in [0.1, 0.15) is 29.8 Å². The third-order valence-electron chi connectivity index (χ3n) is 4.95. The lowest BCUT2D eigenvalue weighted by molar-refractivity contribution is 0.302. The zero-order valence-corrected chi connectivity index (χ0v) is 14.1. The Morgan fingerprint density at radius 2 is 1.92 bits per heavy atom. The molecule has 24 heavy (non-hydrogen) atoms. The number of hydrogen-bond acceptors (Lipinski definition) is 2. The van der Waals surface area contributed by atoms with Crippen molar-refractivity contribution in [2.24, 2.45) is 5.92 Å². The molecular weight excluding hydrogens is 303 g/mol. The zero-order chi connectivity index (χ0) is 16.7. The van der Waals surface area contributed by atoms with E-state index in [-0.39, 0.29) is 5.82 Å². The number of fused-ring (bicyclic) bond motifs is 1. The fraction of sp³-hybridized carbons (Fsp3) is 0.350. The first-order valence-electron chi connectivity index (χ1n) is 8.45. The van der Waals surface area contributed by atoms with Crippen molar-refractivity contribution in [3.05, 3.63) is 59.3 Å². The van der Waals surface area contributed by atoms with E-state index in [0.717, 1.165) is 18.2 Å². The van der Waals surface area contributed by atoms with Crippen molar-refractivity contribution >= 4 is 10.9 Å². The topological polar surface area (TPSA) is 27.1 Å². The zero-order valence-electron chi connectivity index (χ0n) is 14.1. The number of aryl methyl sites for hydroxylation is 1. The summed E-state index contributed by atoms with van der Waals surface area (Å²) in [5, 5.41) is 1.25. The maximum atomic E-state index is 13.0. The van der Waals surface area contributed by atoms with Crippen LogP contribution in [0, 0.1) is 25.6 Å². The van der Waals surface area contributed by atoms with E-state index in [1.807, 2.05) is 6.20 Å². The molecule has 0 atom stereocenters. The number of hydrogen-bond donors (Lipinski definition) is 0. The molecule has 0 bridgehead atoms. The highest BCUT2D eigenvalue weighted by Crippen LogP contribution is 2.35. The van der Waals surface area contributed by atoms with Crippen LogP contribution in [0.5, 0.6) is 5.75 Å². The minimum atomic E-state index is -0.257. The molecule has 2 aromatic heterocycles. The van der Waals surface area contributed by atoms with Crippen LogP contribution in [0.15, 0.2) is 36.5 Å². The van der Waals surface area contributed by atoms with E-state index < -0.39 is 0 Å². The van der Waals surface area contributed by atoms with Gasteiger partial charge in [-0.2, -0.15) is 0 Å². The van der Waals surface area contributed by atoms with Gasteiger partial charge in [-0.1, -0.05) is 0 Å². The number of rotatable bonds is 5. The Kier molecular flexibility index (Phi) is 3.75. The first-order chi connectivity index (χ1) is 11.6. The molecule has 0 aliphatic heterocycles. The lowest BCUT2D eigenvalue weighted by atomic mass is 10.2. The Morgan fingerprint density at radius 1 is 1.17 bits per heavy atom. The van der Waals surface area contributed by atoms with E-state index in [9.17, 15) is 4.39 Å². The standard InChI is InChI=1S/C20H21FN2O/c1-13-14(2)23(11-15-3-4-15)20-18(13)9-10-22-19(20)12-24-17-7-5-16(21)6-8-17/h5-10,15H,3-4,11-12H2,1-2H3. The monoisotopic (exact) mass is 324 g/mol. The van der Waals surface area contributed by atoms with Crippen LogP contribution < -0.4 is 4.74 Å². The third kappa shape index (κ3) is 2.77. The average Bonchev–Trinajstić information content (AvgIpc) is 3.38. The molecule has 4 heteroatoms. The molecule has 0 N–H and O–H groups in total. The molecule has 1 fully saturated rings. The lowest BCUT2D eigenvalue weighted by Crippen LogP contribution is -2.06. The molecule has 0 spiro atoms. The van der Waals surface area contributed by atoms with Gasteiger partial charge in [0, 0.05) is 23.8 Å². The summed E-state index contributed by atoms with van der Waals surface area (Å²) >= 11 is 0. The number of ether oxygens (including phenoxy) is 1. The average molecular weight is 324 g/mol. The first-order valence-corrected chi connectivity index (χ1v) is 8.45. The SMILES string of the molecule is Cc1c(C)n(CC2CC2)c2c(COc3ccc(F)cc3)nccc12. The van der Waals surface area contributed by atoms with Crippen LogP contribution in [0.4, 0.5) is 4.39 Å². The maximum Gasteiger partial charge on any atom is 0.132 e. The Bertz CT molecular complexity index is 879. The molecule has 0 unspecified atom stereocenters. The van der Waals surface area contributed by atoms with Gasteiger partial charge in [0.05, 0.1) is 5.52 Å². The van der Waals surface area contributed by atoms with Crippen molar-refractivity contribution in [2.75, 3.05) is 0 Å². The van der Waals surface area contributed by atoms with Crippen LogP contribution in [0.25, 0.3) is 10.9 Å². The Hall–Kier alpha value is -2.36. The molecule has 0 amide bonds. The fourth-order valence-corrected chi connectivity index (χ4v) is 3.24. The fourth-order valence-electron chi connectivity index (χ4n) is 3.24. The van der Waals surface area contributed by atoms with Crippen molar-refractivity contribution in [1.29, 1.82) is 0 Å². The second-order valence-electron chi connectivity index (χ2n) is 6.66. The van der Waals surface area contributed by atoms with Crippen LogP contribution >= 0.6 is 0 Å². The van der Waals surface area contributed by atoms with Gasteiger partial charge < -0.3 is 9.30 Å². The van der Waals surface area contributed by atoms with Crippen molar-refractivity contribution < 1.29 is 9.13 Å². The lowest BCUT2D eigenvalue weighted by Gasteiger charge is -2.11. The van der Waals surface area contributed by atoms with Crippen LogP contribution in [-0.4, -0.2) is 9.55 Å². The molecular formula is C20H21FN2O. The smallest absolute Gasteiger partial charge is 0.132 e. The van der Waals surface area contributed by atoms with Gasteiger partial charge in [-0.05, 0) is 68.5 Å². The number of nitrogens with zero attached hydrogens (tertiary/aromatic N) is 2. The van der Waals surface area contributed by atoms with Gasteiger partial charge in [-0.15, -0.1) is 0 Å². The first kappa shape index (κ1) is 15.2. The van der Waals surface area contributed by atoms with E-state index in [2.05, 4.69) is 29.5 Å². The number of pyridine rings is 1. The van der Waals surface area contributed by atoms with Crippen molar-refractivity contribution in [3.63, 3.8) is 0 Å². The molecule has 0 radical (unpaired) electrons.